The Bertz CT molecular complexity index is 1370. The number of anilines is 2. The number of methoxy groups -OCH3 is 1. The molecule has 5 heteroatoms. The smallest absolute Gasteiger partial charge is 0.276 e. The molecule has 35 heavy (non-hydrogen) atoms. The fraction of sp³-hybridized carbons (Fsp3) is 0.0667. The van der Waals surface area contributed by atoms with Crippen LogP contribution in [0.25, 0.3) is 0 Å². The average molecular weight is 461 g/mol. The highest BCUT2D eigenvalue weighted by Gasteiger charge is 2.44. The van der Waals surface area contributed by atoms with Crippen molar-refractivity contribution in [3.8, 4) is 5.75 Å². The van der Waals surface area contributed by atoms with E-state index in [0.29, 0.717) is 22.6 Å². The first-order valence-electron chi connectivity index (χ1n) is 11.4. The maximum atomic E-state index is 14.0. The second kappa shape index (κ2) is 9.69. The molecule has 4 aromatic rings. The van der Waals surface area contributed by atoms with E-state index in [2.05, 4.69) is 5.32 Å². The third kappa shape index (κ3) is 4.32. The van der Waals surface area contributed by atoms with Crippen LogP contribution >= 0.6 is 0 Å². The van der Waals surface area contributed by atoms with Crippen molar-refractivity contribution in [1.82, 2.24) is 0 Å². The van der Waals surface area contributed by atoms with E-state index in [9.17, 15) is 9.59 Å². The highest BCUT2D eigenvalue weighted by molar-refractivity contribution is 6.23. The molecule has 0 radical (unpaired) electrons. The molecule has 0 aliphatic carbocycles. The van der Waals surface area contributed by atoms with E-state index in [1.807, 2.05) is 103 Å². The second-order valence-electron chi connectivity index (χ2n) is 8.16. The van der Waals surface area contributed by atoms with Crippen molar-refractivity contribution in [3.63, 3.8) is 0 Å². The van der Waals surface area contributed by atoms with Gasteiger partial charge in [0.2, 0.25) is 0 Å². The molecule has 0 saturated carbocycles. The Kier molecular flexibility index (Phi) is 6.14. The molecular formula is C30H24N2O3. The van der Waals surface area contributed by atoms with Crippen molar-refractivity contribution in [2.75, 3.05) is 17.3 Å². The summed E-state index contributed by atoms with van der Waals surface area (Å²) in [5, 5.41) is 3.26. The van der Waals surface area contributed by atoms with E-state index in [-0.39, 0.29) is 17.4 Å². The summed E-state index contributed by atoms with van der Waals surface area (Å²) in [4.78, 5) is 29.7. The van der Waals surface area contributed by atoms with Gasteiger partial charge >= 0.3 is 0 Å². The average Bonchev–Trinajstić information content (AvgIpc) is 3.21. The molecule has 0 saturated heterocycles. The van der Waals surface area contributed by atoms with Gasteiger partial charge in [0.05, 0.1) is 18.7 Å². The van der Waals surface area contributed by atoms with Gasteiger partial charge in [-0.25, -0.2) is 0 Å². The molecule has 0 aromatic heterocycles. The van der Waals surface area contributed by atoms with Gasteiger partial charge in [0.1, 0.15) is 11.4 Å². The summed E-state index contributed by atoms with van der Waals surface area (Å²) in [6.45, 7) is 0. The van der Waals surface area contributed by atoms with Gasteiger partial charge in [-0.3, -0.25) is 14.5 Å². The lowest BCUT2D eigenvalue weighted by Gasteiger charge is -2.27. The summed E-state index contributed by atoms with van der Waals surface area (Å²) in [7, 11) is 1.60. The van der Waals surface area contributed by atoms with Crippen molar-refractivity contribution in [3.05, 3.63) is 138 Å². The lowest BCUT2D eigenvalue weighted by Crippen LogP contribution is -2.31. The first-order chi connectivity index (χ1) is 17.2. The van der Waals surface area contributed by atoms with Crippen LogP contribution in [-0.4, -0.2) is 18.8 Å². The number of nitrogens with zero attached hydrogens (tertiary/aromatic N) is 1. The Morgan fingerprint density at radius 2 is 1.34 bits per heavy atom. The number of amides is 1. The molecule has 0 bridgehead atoms. The summed E-state index contributed by atoms with van der Waals surface area (Å²) in [6.07, 6.45) is 0. The third-order valence-corrected chi connectivity index (χ3v) is 6.02. The summed E-state index contributed by atoms with van der Waals surface area (Å²) in [5.74, 6) is 0.224. The van der Waals surface area contributed by atoms with Gasteiger partial charge in [-0.1, -0.05) is 78.9 Å². The van der Waals surface area contributed by atoms with Crippen LogP contribution in [0.4, 0.5) is 11.4 Å². The molecule has 0 spiro atoms. The summed E-state index contributed by atoms with van der Waals surface area (Å²) < 4.78 is 5.31. The number of nitrogens with one attached hydrogen (secondary N) is 1. The van der Waals surface area contributed by atoms with Crippen LogP contribution in [0.3, 0.4) is 0 Å². The van der Waals surface area contributed by atoms with Gasteiger partial charge < -0.3 is 10.1 Å². The van der Waals surface area contributed by atoms with Gasteiger partial charge in [0.15, 0.2) is 5.78 Å². The minimum absolute atomic E-state index is 0.192. The molecule has 0 fully saturated rings. The molecule has 1 aliphatic rings. The first kappa shape index (κ1) is 22.2. The Balaban J connectivity index is 1.70. The van der Waals surface area contributed by atoms with Crippen molar-refractivity contribution in [2.24, 2.45) is 0 Å². The Labute approximate surface area is 204 Å². The molecule has 1 atom stereocenters. The van der Waals surface area contributed by atoms with E-state index in [1.165, 1.54) is 0 Å². The Morgan fingerprint density at radius 3 is 1.94 bits per heavy atom. The standard InChI is InChI=1S/C30H24N2O3/c1-35-25-19-17-24(18-20-25)32-28(21-11-5-2-6-12-21)26(29(33)22-13-7-3-8-14-22)27(30(32)34)31-23-15-9-4-10-16-23/h2-20,28,31H,1H3. The van der Waals surface area contributed by atoms with E-state index in [0.717, 1.165) is 11.3 Å². The minimum atomic E-state index is -0.601. The van der Waals surface area contributed by atoms with Crippen molar-refractivity contribution in [1.29, 1.82) is 0 Å². The zero-order chi connectivity index (χ0) is 24.2. The number of Topliss-reactive ketones (excluding diaryl/α,β-unsaturated/α-hetero) is 1. The largest absolute Gasteiger partial charge is 0.497 e. The zero-order valence-electron chi connectivity index (χ0n) is 19.2. The van der Waals surface area contributed by atoms with E-state index >= 15 is 0 Å². The SMILES string of the molecule is COc1ccc(N2C(=O)C(Nc3ccccc3)=C(C(=O)c3ccccc3)C2c2ccccc2)cc1. The number of rotatable bonds is 7. The number of ether oxygens (including phenoxy) is 1. The monoisotopic (exact) mass is 460 g/mol. The number of ketones is 1. The number of carbonyl (C=O) groups excluding carboxylic acids is 2. The molecule has 5 nitrogen and oxygen atoms in total. The number of carbonyl (C=O) groups is 2. The van der Waals surface area contributed by atoms with Crippen molar-refractivity contribution in [2.45, 2.75) is 6.04 Å². The quantitative estimate of drug-likeness (QED) is 0.342. The van der Waals surface area contributed by atoms with Crippen LogP contribution in [0.5, 0.6) is 5.75 Å². The molecule has 172 valence electrons. The highest BCUT2D eigenvalue weighted by Crippen LogP contribution is 2.43. The topological polar surface area (TPSA) is 58.6 Å². The molecular weight excluding hydrogens is 436 g/mol. The normalized spacial score (nSPS) is 15.3. The number of hydrogen-bond donors (Lipinski definition) is 1. The van der Waals surface area contributed by atoms with Crippen LogP contribution < -0.4 is 15.0 Å². The predicted molar refractivity (Wildman–Crippen MR) is 138 cm³/mol. The highest BCUT2D eigenvalue weighted by atomic mass is 16.5. The fourth-order valence-corrected chi connectivity index (χ4v) is 4.35. The third-order valence-electron chi connectivity index (χ3n) is 6.02. The van der Waals surface area contributed by atoms with Crippen LogP contribution in [-0.2, 0) is 4.79 Å². The van der Waals surface area contributed by atoms with Crippen LogP contribution in [0, 0.1) is 0 Å². The van der Waals surface area contributed by atoms with E-state index in [1.54, 1.807) is 24.1 Å². The minimum Gasteiger partial charge on any atom is -0.497 e. The molecule has 1 heterocycles. The van der Waals surface area contributed by atoms with Crippen molar-refractivity contribution < 1.29 is 14.3 Å². The molecule has 1 N–H and O–H groups in total. The summed E-state index contributed by atoms with van der Waals surface area (Å²) in [5.41, 5.74) is 3.47. The van der Waals surface area contributed by atoms with Gasteiger partial charge in [-0.05, 0) is 42.0 Å². The van der Waals surface area contributed by atoms with Crippen LogP contribution in [0.2, 0.25) is 0 Å². The Hall–Kier alpha value is -4.64. The van der Waals surface area contributed by atoms with Crippen molar-refractivity contribution >= 4 is 23.1 Å². The maximum Gasteiger partial charge on any atom is 0.276 e. The molecule has 1 unspecified atom stereocenters. The number of para-hydroxylation sites is 1. The lowest BCUT2D eigenvalue weighted by molar-refractivity contribution is -0.114. The number of benzene rings is 4. The van der Waals surface area contributed by atoms with Gasteiger partial charge in [0, 0.05) is 16.9 Å². The van der Waals surface area contributed by atoms with E-state index < -0.39 is 6.04 Å². The maximum absolute atomic E-state index is 14.0. The second-order valence-corrected chi connectivity index (χ2v) is 8.16. The van der Waals surface area contributed by atoms with Crippen LogP contribution in [0.15, 0.2) is 127 Å². The van der Waals surface area contributed by atoms with Gasteiger partial charge in [-0.2, -0.15) is 0 Å². The van der Waals surface area contributed by atoms with Gasteiger partial charge in [-0.15, -0.1) is 0 Å². The molecule has 1 aliphatic heterocycles. The fourth-order valence-electron chi connectivity index (χ4n) is 4.35. The van der Waals surface area contributed by atoms with Gasteiger partial charge in [0.25, 0.3) is 5.91 Å². The van der Waals surface area contributed by atoms with Crippen LogP contribution in [0.1, 0.15) is 22.0 Å². The molecule has 1 amide bonds. The van der Waals surface area contributed by atoms with E-state index in [4.69, 9.17) is 4.74 Å². The number of hydrogen-bond acceptors (Lipinski definition) is 4. The summed E-state index contributed by atoms with van der Waals surface area (Å²) >= 11 is 0. The molecule has 5 rings (SSSR count). The Morgan fingerprint density at radius 1 is 0.771 bits per heavy atom. The lowest BCUT2D eigenvalue weighted by atomic mass is 9.92. The molecule has 4 aromatic carbocycles. The zero-order valence-corrected chi connectivity index (χ0v) is 19.2. The predicted octanol–water partition coefficient (Wildman–Crippen LogP) is 6.03. The summed E-state index contributed by atoms with van der Waals surface area (Å²) in [6, 6.07) is 34.8. The first-order valence-corrected chi connectivity index (χ1v) is 11.4.